The first kappa shape index (κ1) is 25.7. The van der Waals surface area contributed by atoms with Gasteiger partial charge >= 0.3 is 322 Å². The van der Waals surface area contributed by atoms with Gasteiger partial charge in [-0.15, -0.1) is 0 Å². The fraction of sp³-hybridized carbons (Fsp3) is 0. The second-order valence-corrected chi connectivity index (χ2v) is 15.7. The molecule has 1 aromatic heterocycles. The minimum atomic E-state index is -0.391. The third-order valence-corrected chi connectivity index (χ3v) is 13.3. The maximum absolute atomic E-state index is 8.99. The summed E-state index contributed by atoms with van der Waals surface area (Å²) in [6.45, 7) is 0. The van der Waals surface area contributed by atoms with Crippen LogP contribution < -0.4 is 0 Å². The van der Waals surface area contributed by atoms with Crippen LogP contribution in [0.15, 0.2) is 194 Å². The first-order valence-corrected chi connectivity index (χ1v) is 19.6. The van der Waals surface area contributed by atoms with Crippen molar-refractivity contribution in [2.75, 3.05) is 0 Å². The second-order valence-electron chi connectivity index (χ2n) is 13.5. The van der Waals surface area contributed by atoms with Crippen molar-refractivity contribution in [3.05, 3.63) is 194 Å². The summed E-state index contributed by atoms with van der Waals surface area (Å²) in [6.07, 6.45) is 0. The summed E-state index contributed by atoms with van der Waals surface area (Å²) >= 11 is -0.0133. The zero-order valence-corrected chi connectivity index (χ0v) is 30.2. The molecule has 0 fully saturated rings. The molecule has 0 saturated heterocycles. The SMILES string of the molecule is [2H]c1c([2H])c([2H])c(-c2c3ccccc3c(-c3cccc4c3[se]c3cccc(-c5c6ccccc6c(-c6ccccc6)c6ccccc56)c34)c3ccccc23)c([2H])c1[2H]. The number of hydrogen-bond donors (Lipinski definition) is 0. The summed E-state index contributed by atoms with van der Waals surface area (Å²) < 4.78 is 46.0. The van der Waals surface area contributed by atoms with Gasteiger partial charge in [-0.1, -0.05) is 0 Å². The van der Waals surface area contributed by atoms with E-state index < -0.39 is 6.04 Å². The quantitative estimate of drug-likeness (QED) is 0.124. The Kier molecular flexibility index (Phi) is 5.90. The molecule has 0 nitrogen and oxygen atoms in total. The standard InChI is InChI=1S/C52H32Se/c1-3-17-33(18-4-1)47-35-21-7-11-25-39(35)49(40-26-12-8-22-36(40)47)43-29-16-32-46-51(43)45-31-15-30-44(52(45)53-46)50-41-27-13-9-23-37(41)48(34-19-5-2-6-20-34)38-24-10-14-28-42(38)50/h1-32H/i2D,5D,6D,19D,20D. The molecule has 246 valence electrons. The summed E-state index contributed by atoms with van der Waals surface area (Å²) in [5, 5.41) is 11.1. The van der Waals surface area contributed by atoms with E-state index in [4.69, 9.17) is 6.85 Å². The van der Waals surface area contributed by atoms with Gasteiger partial charge in [-0.05, 0) is 0 Å². The van der Waals surface area contributed by atoms with Gasteiger partial charge in [-0.2, -0.15) is 0 Å². The molecule has 1 heteroatoms. The van der Waals surface area contributed by atoms with Gasteiger partial charge in [-0.25, -0.2) is 0 Å². The van der Waals surface area contributed by atoms with Crippen LogP contribution in [0.2, 0.25) is 0 Å². The molecular weight excluding hydrogens is 704 g/mol. The molecule has 11 rings (SSSR count). The predicted octanol–water partition coefficient (Wildman–Crippen LogP) is 14.3. The van der Waals surface area contributed by atoms with E-state index in [1.165, 1.54) is 63.1 Å². The maximum atomic E-state index is 8.99. The zero-order chi connectivity index (χ0) is 39.2. The van der Waals surface area contributed by atoms with Crippen LogP contribution in [0.3, 0.4) is 0 Å². The molecule has 0 aliphatic heterocycles. The molecule has 0 saturated carbocycles. The van der Waals surface area contributed by atoms with Crippen LogP contribution in [0.4, 0.5) is 0 Å². The molecule has 0 amide bonds. The Morgan fingerprint density at radius 1 is 0.321 bits per heavy atom. The second kappa shape index (κ2) is 12.2. The Labute approximate surface area is 321 Å². The van der Waals surface area contributed by atoms with E-state index in [2.05, 4.69) is 127 Å². The Balaban J connectivity index is 1.23. The van der Waals surface area contributed by atoms with Gasteiger partial charge in [-0.3, -0.25) is 0 Å². The molecule has 0 aliphatic carbocycles. The van der Waals surface area contributed by atoms with Crippen molar-refractivity contribution in [1.29, 1.82) is 0 Å². The fourth-order valence-corrected chi connectivity index (χ4v) is 11.3. The predicted molar refractivity (Wildman–Crippen MR) is 230 cm³/mol. The first-order valence-electron chi connectivity index (χ1n) is 20.4. The van der Waals surface area contributed by atoms with E-state index in [0.29, 0.717) is 5.56 Å². The Bertz CT molecular complexity index is 3370. The van der Waals surface area contributed by atoms with E-state index in [1.807, 2.05) is 36.4 Å². The molecule has 0 radical (unpaired) electrons. The van der Waals surface area contributed by atoms with Crippen LogP contribution in [-0.4, -0.2) is 14.5 Å². The van der Waals surface area contributed by atoms with E-state index in [0.717, 1.165) is 32.7 Å². The topological polar surface area (TPSA) is 0 Å². The molecule has 11 aromatic rings. The average molecular weight is 741 g/mol. The van der Waals surface area contributed by atoms with Crippen molar-refractivity contribution in [2.45, 2.75) is 0 Å². The van der Waals surface area contributed by atoms with E-state index in [9.17, 15) is 0 Å². The summed E-state index contributed by atoms with van der Waals surface area (Å²) in [6, 6.07) is 56.7. The molecule has 0 aliphatic rings. The van der Waals surface area contributed by atoms with Crippen LogP contribution in [0.25, 0.3) is 107 Å². The van der Waals surface area contributed by atoms with Gasteiger partial charge in [0.2, 0.25) is 0 Å². The monoisotopic (exact) mass is 741 g/mol. The van der Waals surface area contributed by atoms with E-state index >= 15 is 0 Å². The van der Waals surface area contributed by atoms with Gasteiger partial charge in [0, 0.05) is 0 Å². The number of benzene rings is 10. The summed E-state index contributed by atoms with van der Waals surface area (Å²) in [4.78, 5) is 0. The molecule has 0 spiro atoms. The third-order valence-electron chi connectivity index (χ3n) is 10.7. The molecule has 0 atom stereocenters. The van der Waals surface area contributed by atoms with Gasteiger partial charge in [0.15, 0.2) is 0 Å². The van der Waals surface area contributed by atoms with Crippen molar-refractivity contribution in [2.24, 2.45) is 0 Å². The van der Waals surface area contributed by atoms with Crippen LogP contribution in [0.5, 0.6) is 0 Å². The number of fused-ring (bicyclic) bond motifs is 7. The third kappa shape index (κ3) is 4.62. The van der Waals surface area contributed by atoms with Crippen LogP contribution >= 0.6 is 0 Å². The fourth-order valence-electron chi connectivity index (χ4n) is 8.65. The first-order chi connectivity index (χ1) is 28.4. The zero-order valence-electron chi connectivity index (χ0n) is 33.5. The van der Waals surface area contributed by atoms with E-state index in [-0.39, 0.29) is 44.2 Å². The van der Waals surface area contributed by atoms with Crippen molar-refractivity contribution in [1.82, 2.24) is 0 Å². The normalized spacial score (nSPS) is 13.1. The Morgan fingerprint density at radius 2 is 0.736 bits per heavy atom. The number of hydrogen-bond acceptors (Lipinski definition) is 0. The Morgan fingerprint density at radius 3 is 1.28 bits per heavy atom. The van der Waals surface area contributed by atoms with E-state index in [1.54, 1.807) is 0 Å². The van der Waals surface area contributed by atoms with Gasteiger partial charge < -0.3 is 0 Å². The number of rotatable bonds is 4. The van der Waals surface area contributed by atoms with Crippen molar-refractivity contribution in [3.8, 4) is 44.5 Å². The molecule has 53 heavy (non-hydrogen) atoms. The molecule has 1 heterocycles. The summed E-state index contributed by atoms with van der Waals surface area (Å²) in [7, 11) is 0. The molecule has 0 N–H and O–H groups in total. The molecule has 10 aromatic carbocycles. The van der Waals surface area contributed by atoms with Gasteiger partial charge in [0.1, 0.15) is 0 Å². The van der Waals surface area contributed by atoms with Gasteiger partial charge in [0.25, 0.3) is 0 Å². The van der Waals surface area contributed by atoms with Crippen LogP contribution in [0, 0.1) is 0 Å². The van der Waals surface area contributed by atoms with Crippen molar-refractivity contribution >= 4 is 76.9 Å². The minimum absolute atomic E-state index is 0.0133. The molecule has 0 bridgehead atoms. The van der Waals surface area contributed by atoms with Gasteiger partial charge in [0.05, 0.1) is 0 Å². The molecular formula is C52H32Se. The Hall–Kier alpha value is -6.24. The summed E-state index contributed by atoms with van der Waals surface area (Å²) in [5.74, 6) is 0. The summed E-state index contributed by atoms with van der Waals surface area (Å²) in [5.41, 5.74) is 8.07. The van der Waals surface area contributed by atoms with Crippen LogP contribution in [0.1, 0.15) is 6.85 Å². The average Bonchev–Trinajstić information content (AvgIpc) is 3.67. The molecule has 0 unspecified atom stereocenters. The van der Waals surface area contributed by atoms with Crippen molar-refractivity contribution < 1.29 is 6.85 Å². The van der Waals surface area contributed by atoms with Crippen LogP contribution in [-0.2, 0) is 0 Å². The van der Waals surface area contributed by atoms with Crippen molar-refractivity contribution in [3.63, 3.8) is 0 Å².